The molecule has 4 heteroatoms. The smallest absolute Gasteiger partial charge is 0.119 e. The fourth-order valence-electron chi connectivity index (χ4n) is 3.05. The summed E-state index contributed by atoms with van der Waals surface area (Å²) in [5, 5.41) is 7.76. The second kappa shape index (κ2) is 6.66. The van der Waals surface area contributed by atoms with Crippen LogP contribution in [0, 0.1) is 5.92 Å². The van der Waals surface area contributed by atoms with Crippen LogP contribution in [0.3, 0.4) is 0 Å². The second-order valence-corrected chi connectivity index (χ2v) is 5.70. The Balaban J connectivity index is 1.48. The molecule has 0 saturated carbocycles. The van der Waals surface area contributed by atoms with Gasteiger partial charge in [0.2, 0.25) is 0 Å². The minimum absolute atomic E-state index is 0.732. The number of likely N-dealkylation sites (tertiary alicyclic amines) is 1. The zero-order valence-electron chi connectivity index (χ0n) is 11.9. The van der Waals surface area contributed by atoms with E-state index in [2.05, 4.69) is 50.0 Å². The quantitative estimate of drug-likeness (QED) is 0.835. The van der Waals surface area contributed by atoms with E-state index in [1.165, 1.54) is 38.0 Å². The van der Waals surface area contributed by atoms with Gasteiger partial charge in [-0.3, -0.25) is 0 Å². The average molecular weight is 270 g/mol. The molecule has 0 spiro atoms. The van der Waals surface area contributed by atoms with Crippen molar-refractivity contribution in [1.82, 2.24) is 19.7 Å². The number of nitrogens with zero attached hydrogens (tertiary/aromatic N) is 4. The molecule has 0 amide bonds. The van der Waals surface area contributed by atoms with Crippen LogP contribution in [0.15, 0.2) is 43.0 Å². The topological polar surface area (TPSA) is 34.0 Å². The number of piperidine rings is 1. The molecule has 0 unspecified atom stereocenters. The van der Waals surface area contributed by atoms with E-state index in [9.17, 15) is 0 Å². The lowest BCUT2D eigenvalue weighted by atomic mass is 9.97. The summed E-state index contributed by atoms with van der Waals surface area (Å²) in [6, 6.07) is 10.8. The lowest BCUT2D eigenvalue weighted by Gasteiger charge is -2.32. The molecular weight excluding hydrogens is 248 g/mol. The molecule has 2 heterocycles. The predicted octanol–water partition coefficient (Wildman–Crippen LogP) is 2.23. The summed E-state index contributed by atoms with van der Waals surface area (Å²) in [6.07, 6.45) is 7.42. The molecule has 106 valence electrons. The van der Waals surface area contributed by atoms with Crippen LogP contribution in [-0.4, -0.2) is 39.3 Å². The number of benzene rings is 1. The van der Waals surface area contributed by atoms with Gasteiger partial charge in [0.1, 0.15) is 12.7 Å². The fraction of sp³-hybridized carbons (Fsp3) is 0.500. The Kier molecular flexibility index (Phi) is 4.43. The molecule has 1 aromatic heterocycles. The van der Waals surface area contributed by atoms with E-state index >= 15 is 0 Å². The first-order chi connectivity index (χ1) is 9.90. The van der Waals surface area contributed by atoms with Gasteiger partial charge in [0.25, 0.3) is 0 Å². The summed E-state index contributed by atoms with van der Waals surface area (Å²) < 4.78 is 2.10. The molecule has 1 saturated heterocycles. The van der Waals surface area contributed by atoms with Gasteiger partial charge < -0.3 is 9.47 Å². The molecule has 4 nitrogen and oxygen atoms in total. The van der Waals surface area contributed by atoms with Crippen LogP contribution in [0.1, 0.15) is 18.4 Å². The molecule has 1 aliphatic rings. The van der Waals surface area contributed by atoms with Gasteiger partial charge in [0.05, 0.1) is 0 Å². The van der Waals surface area contributed by atoms with E-state index in [4.69, 9.17) is 0 Å². The van der Waals surface area contributed by atoms with Gasteiger partial charge in [-0.2, -0.15) is 0 Å². The summed E-state index contributed by atoms with van der Waals surface area (Å²) in [5.74, 6) is 0.732. The first-order valence-electron chi connectivity index (χ1n) is 7.49. The Morgan fingerprint density at radius 1 is 1.10 bits per heavy atom. The standard InChI is InChI=1S/C16H22N4/c1-2-5-15(6-3-1)8-10-19-9-4-7-16(11-19)12-20-13-17-18-14-20/h1-3,5-6,13-14,16H,4,7-12H2/t16-/m0/s1. The van der Waals surface area contributed by atoms with Gasteiger partial charge in [-0.05, 0) is 37.3 Å². The SMILES string of the molecule is c1ccc(CCN2CCC[C@H](Cn3cnnc3)C2)cc1. The van der Waals surface area contributed by atoms with E-state index in [0.29, 0.717) is 0 Å². The molecule has 2 aromatic rings. The van der Waals surface area contributed by atoms with Crippen molar-refractivity contribution in [2.75, 3.05) is 19.6 Å². The third kappa shape index (κ3) is 3.67. The molecule has 0 bridgehead atoms. The van der Waals surface area contributed by atoms with E-state index in [-0.39, 0.29) is 0 Å². The van der Waals surface area contributed by atoms with Gasteiger partial charge in [0.15, 0.2) is 0 Å². The van der Waals surface area contributed by atoms with Gasteiger partial charge in [-0.1, -0.05) is 30.3 Å². The zero-order valence-corrected chi connectivity index (χ0v) is 11.9. The normalized spacial score (nSPS) is 20.1. The first-order valence-corrected chi connectivity index (χ1v) is 7.49. The Bertz CT molecular complexity index is 494. The van der Waals surface area contributed by atoms with Crippen molar-refractivity contribution in [2.45, 2.75) is 25.8 Å². The Morgan fingerprint density at radius 3 is 2.70 bits per heavy atom. The van der Waals surface area contributed by atoms with Crippen molar-refractivity contribution in [3.05, 3.63) is 48.5 Å². The number of rotatable bonds is 5. The van der Waals surface area contributed by atoms with E-state index in [1.54, 1.807) is 0 Å². The van der Waals surface area contributed by atoms with Crippen LogP contribution in [-0.2, 0) is 13.0 Å². The van der Waals surface area contributed by atoms with E-state index < -0.39 is 0 Å². The van der Waals surface area contributed by atoms with Crippen molar-refractivity contribution >= 4 is 0 Å². The molecule has 1 aromatic carbocycles. The van der Waals surface area contributed by atoms with E-state index in [0.717, 1.165) is 18.9 Å². The minimum Gasteiger partial charge on any atom is -0.320 e. The Labute approximate surface area is 120 Å². The van der Waals surface area contributed by atoms with Gasteiger partial charge in [-0.15, -0.1) is 10.2 Å². The van der Waals surface area contributed by atoms with Crippen molar-refractivity contribution in [2.24, 2.45) is 5.92 Å². The third-order valence-electron chi connectivity index (χ3n) is 4.10. The van der Waals surface area contributed by atoms with Crippen LogP contribution >= 0.6 is 0 Å². The molecule has 20 heavy (non-hydrogen) atoms. The monoisotopic (exact) mass is 270 g/mol. The maximum Gasteiger partial charge on any atom is 0.119 e. The Morgan fingerprint density at radius 2 is 1.90 bits per heavy atom. The van der Waals surface area contributed by atoms with Crippen molar-refractivity contribution in [3.63, 3.8) is 0 Å². The third-order valence-corrected chi connectivity index (χ3v) is 4.10. The summed E-state index contributed by atoms with van der Waals surface area (Å²) in [7, 11) is 0. The number of hydrogen-bond donors (Lipinski definition) is 0. The fourth-order valence-corrected chi connectivity index (χ4v) is 3.05. The van der Waals surface area contributed by atoms with Crippen molar-refractivity contribution in [1.29, 1.82) is 0 Å². The highest BCUT2D eigenvalue weighted by Gasteiger charge is 2.19. The van der Waals surface area contributed by atoms with Gasteiger partial charge in [0, 0.05) is 19.6 Å². The zero-order chi connectivity index (χ0) is 13.6. The van der Waals surface area contributed by atoms with Gasteiger partial charge in [-0.25, -0.2) is 0 Å². The number of hydrogen-bond acceptors (Lipinski definition) is 3. The molecule has 1 atom stereocenters. The second-order valence-electron chi connectivity index (χ2n) is 5.70. The highest BCUT2D eigenvalue weighted by molar-refractivity contribution is 5.14. The molecular formula is C16H22N4. The maximum absolute atomic E-state index is 3.88. The average Bonchev–Trinajstić information content (AvgIpc) is 3.00. The highest BCUT2D eigenvalue weighted by Crippen LogP contribution is 2.18. The summed E-state index contributed by atoms with van der Waals surface area (Å²) >= 11 is 0. The molecule has 1 aliphatic heterocycles. The first kappa shape index (κ1) is 13.3. The predicted molar refractivity (Wildman–Crippen MR) is 79.3 cm³/mol. The molecule has 1 fully saturated rings. The van der Waals surface area contributed by atoms with Crippen LogP contribution < -0.4 is 0 Å². The minimum atomic E-state index is 0.732. The molecule has 3 rings (SSSR count). The lowest BCUT2D eigenvalue weighted by molar-refractivity contribution is 0.164. The van der Waals surface area contributed by atoms with Crippen LogP contribution in [0.25, 0.3) is 0 Å². The van der Waals surface area contributed by atoms with Crippen LogP contribution in [0.5, 0.6) is 0 Å². The van der Waals surface area contributed by atoms with Gasteiger partial charge >= 0.3 is 0 Å². The summed E-state index contributed by atoms with van der Waals surface area (Å²) in [5.41, 5.74) is 1.44. The van der Waals surface area contributed by atoms with E-state index in [1.807, 2.05) is 12.7 Å². The molecule has 0 aliphatic carbocycles. The van der Waals surface area contributed by atoms with Crippen LogP contribution in [0.2, 0.25) is 0 Å². The maximum atomic E-state index is 3.88. The highest BCUT2D eigenvalue weighted by atomic mass is 15.2. The summed E-state index contributed by atoms with van der Waals surface area (Å²) in [6.45, 7) is 4.66. The van der Waals surface area contributed by atoms with Crippen molar-refractivity contribution in [3.8, 4) is 0 Å². The van der Waals surface area contributed by atoms with Crippen LogP contribution in [0.4, 0.5) is 0 Å². The largest absolute Gasteiger partial charge is 0.320 e. The molecule has 0 N–H and O–H groups in total. The lowest BCUT2D eigenvalue weighted by Crippen LogP contribution is -2.38. The number of aromatic nitrogens is 3. The Hall–Kier alpha value is -1.68. The summed E-state index contributed by atoms with van der Waals surface area (Å²) in [4.78, 5) is 2.60. The van der Waals surface area contributed by atoms with Crippen molar-refractivity contribution < 1.29 is 0 Å². The molecule has 0 radical (unpaired) electrons.